The van der Waals surface area contributed by atoms with Crippen molar-refractivity contribution < 1.29 is 42.9 Å². The lowest BCUT2D eigenvalue weighted by Gasteiger charge is -2.43. The number of nitrogens with zero attached hydrogens (tertiary/aromatic N) is 3. The molecular weight excluding hydrogens is 354 g/mol. The summed E-state index contributed by atoms with van der Waals surface area (Å²) in [6.07, 6.45) is -6.52. The second kappa shape index (κ2) is 9.59. The Kier molecular flexibility index (Phi) is 7.81. The van der Waals surface area contributed by atoms with Crippen molar-refractivity contribution in [2.45, 2.75) is 58.3 Å². The molecular formula is C14H19N3O9. The Morgan fingerprint density at radius 1 is 0.885 bits per heavy atom. The fraction of sp³-hybridized carbons (Fsp3) is 0.714. The smallest absolute Gasteiger partial charge is 0.303 e. The largest absolute Gasteiger partial charge is 0.463 e. The summed E-state index contributed by atoms with van der Waals surface area (Å²) in [6.45, 7) is 4.06. The second-order valence-corrected chi connectivity index (χ2v) is 5.29. The van der Waals surface area contributed by atoms with Crippen molar-refractivity contribution in [3.05, 3.63) is 10.4 Å². The fourth-order valence-corrected chi connectivity index (χ4v) is 2.35. The van der Waals surface area contributed by atoms with E-state index >= 15 is 0 Å². The normalized spacial score (nSPS) is 27.5. The van der Waals surface area contributed by atoms with Crippen LogP contribution in [0.1, 0.15) is 27.7 Å². The molecule has 1 aliphatic rings. The lowest BCUT2D eigenvalue weighted by Crippen LogP contribution is -2.61. The third-order valence-corrected chi connectivity index (χ3v) is 3.13. The van der Waals surface area contributed by atoms with Gasteiger partial charge in [-0.2, -0.15) is 0 Å². The molecule has 0 bridgehead atoms. The van der Waals surface area contributed by atoms with Crippen LogP contribution in [-0.4, -0.2) is 61.1 Å². The molecule has 1 heterocycles. The lowest BCUT2D eigenvalue weighted by atomic mass is 9.97. The van der Waals surface area contributed by atoms with Gasteiger partial charge >= 0.3 is 23.9 Å². The van der Waals surface area contributed by atoms with Crippen LogP contribution in [0.25, 0.3) is 10.4 Å². The van der Waals surface area contributed by atoms with Crippen molar-refractivity contribution in [3.8, 4) is 0 Å². The first-order valence-electron chi connectivity index (χ1n) is 7.50. The van der Waals surface area contributed by atoms with Gasteiger partial charge in [0.15, 0.2) is 24.5 Å². The van der Waals surface area contributed by atoms with E-state index in [1.807, 2.05) is 0 Å². The summed E-state index contributed by atoms with van der Waals surface area (Å²) >= 11 is 0. The molecule has 0 aliphatic carbocycles. The topological polar surface area (TPSA) is 163 Å². The first-order chi connectivity index (χ1) is 12.1. The Bertz CT molecular complexity index is 617. The number of carbonyl (C=O) groups is 4. The molecule has 0 aromatic rings. The Morgan fingerprint density at radius 3 is 1.85 bits per heavy atom. The van der Waals surface area contributed by atoms with Crippen molar-refractivity contribution in [2.75, 3.05) is 6.61 Å². The maximum Gasteiger partial charge on any atom is 0.303 e. The molecule has 1 saturated heterocycles. The number of esters is 4. The first kappa shape index (κ1) is 21.2. The van der Waals surface area contributed by atoms with Gasteiger partial charge in [-0.05, 0) is 5.53 Å². The highest BCUT2D eigenvalue weighted by molar-refractivity contribution is 5.68. The Morgan fingerprint density at radius 2 is 1.38 bits per heavy atom. The average Bonchev–Trinajstić information content (AvgIpc) is 2.50. The van der Waals surface area contributed by atoms with Gasteiger partial charge in [-0.1, -0.05) is 5.11 Å². The average molecular weight is 373 g/mol. The third kappa shape index (κ3) is 6.22. The van der Waals surface area contributed by atoms with Gasteiger partial charge in [0.05, 0.1) is 0 Å². The van der Waals surface area contributed by atoms with Crippen LogP contribution in [0, 0.1) is 0 Å². The summed E-state index contributed by atoms with van der Waals surface area (Å²) in [4.78, 5) is 48.0. The molecule has 1 fully saturated rings. The molecule has 144 valence electrons. The zero-order valence-corrected chi connectivity index (χ0v) is 14.6. The monoisotopic (exact) mass is 373 g/mol. The van der Waals surface area contributed by atoms with Crippen molar-refractivity contribution in [3.63, 3.8) is 0 Å². The molecule has 0 N–H and O–H groups in total. The summed E-state index contributed by atoms with van der Waals surface area (Å²) in [7, 11) is 0. The van der Waals surface area contributed by atoms with Gasteiger partial charge in [0, 0.05) is 32.6 Å². The first-order valence-corrected chi connectivity index (χ1v) is 7.50. The predicted octanol–water partition coefficient (Wildman–Crippen LogP) is 0.380. The van der Waals surface area contributed by atoms with Gasteiger partial charge in [-0.15, -0.1) is 0 Å². The standard InChI is InChI=1S/C14H19N3O9/c1-6(18)22-5-10-11(23-7(2)19)12(24-8(3)20)13(25-9(4)21)14(26-10)16-17-15/h10-14H,5H2,1-4H3/t10-,11-,12-,13-,14+/m0/s1. The number of carbonyl (C=O) groups excluding carboxylic acids is 4. The molecule has 0 radical (unpaired) electrons. The van der Waals surface area contributed by atoms with E-state index in [1.165, 1.54) is 0 Å². The van der Waals surface area contributed by atoms with Crippen molar-refractivity contribution in [1.82, 2.24) is 0 Å². The molecule has 0 aromatic carbocycles. The number of hydrogen-bond acceptors (Lipinski definition) is 10. The molecule has 5 atom stereocenters. The van der Waals surface area contributed by atoms with Crippen LogP contribution in [0.3, 0.4) is 0 Å². The Labute approximate surface area is 148 Å². The van der Waals surface area contributed by atoms with E-state index in [-0.39, 0.29) is 6.61 Å². The van der Waals surface area contributed by atoms with E-state index in [0.29, 0.717) is 0 Å². The molecule has 12 heteroatoms. The summed E-state index contributed by atoms with van der Waals surface area (Å²) in [6, 6.07) is 0. The molecule has 1 rings (SSSR count). The van der Waals surface area contributed by atoms with Gasteiger partial charge in [0.1, 0.15) is 12.7 Å². The Hall–Kier alpha value is -2.85. The fourth-order valence-electron chi connectivity index (χ4n) is 2.35. The van der Waals surface area contributed by atoms with Crippen LogP contribution in [0.5, 0.6) is 0 Å². The predicted molar refractivity (Wildman–Crippen MR) is 81.1 cm³/mol. The highest BCUT2D eigenvalue weighted by Gasteiger charge is 2.51. The maximum absolute atomic E-state index is 11.5. The zero-order chi connectivity index (χ0) is 19.9. The summed E-state index contributed by atoms with van der Waals surface area (Å²) < 4.78 is 25.6. The summed E-state index contributed by atoms with van der Waals surface area (Å²) in [5, 5.41) is 3.38. The van der Waals surface area contributed by atoms with Crippen LogP contribution < -0.4 is 0 Å². The van der Waals surface area contributed by atoms with Gasteiger partial charge in [0.25, 0.3) is 0 Å². The second-order valence-electron chi connectivity index (χ2n) is 5.29. The van der Waals surface area contributed by atoms with E-state index < -0.39 is 54.5 Å². The molecule has 1 aliphatic heterocycles. The van der Waals surface area contributed by atoms with Crippen molar-refractivity contribution in [1.29, 1.82) is 0 Å². The SMILES string of the molecule is CC(=O)OC[C@@H]1O[C@@H](N=[N+]=[N-])[C@@H](OC(C)=O)[C@@H](OC(C)=O)[C@H]1OC(C)=O. The summed E-state index contributed by atoms with van der Waals surface area (Å²) in [5.74, 6) is -2.92. The minimum atomic E-state index is -1.40. The van der Waals surface area contributed by atoms with E-state index in [4.69, 9.17) is 29.2 Å². The Balaban J connectivity index is 3.28. The van der Waals surface area contributed by atoms with E-state index in [9.17, 15) is 19.2 Å². The minimum absolute atomic E-state index is 0.380. The van der Waals surface area contributed by atoms with Crippen LogP contribution in [0.15, 0.2) is 5.11 Å². The highest BCUT2D eigenvalue weighted by atomic mass is 16.7. The van der Waals surface area contributed by atoms with Gasteiger partial charge in [-0.3, -0.25) is 19.2 Å². The van der Waals surface area contributed by atoms with Crippen molar-refractivity contribution in [2.24, 2.45) is 5.11 Å². The van der Waals surface area contributed by atoms with Crippen LogP contribution in [0.2, 0.25) is 0 Å². The van der Waals surface area contributed by atoms with Crippen LogP contribution in [0.4, 0.5) is 0 Å². The number of rotatable bonds is 6. The quantitative estimate of drug-likeness (QED) is 0.210. The lowest BCUT2D eigenvalue weighted by molar-refractivity contribution is -0.251. The zero-order valence-electron chi connectivity index (χ0n) is 14.6. The summed E-state index contributed by atoms with van der Waals surface area (Å²) in [5.41, 5.74) is 8.71. The number of ether oxygens (including phenoxy) is 5. The third-order valence-electron chi connectivity index (χ3n) is 3.13. The van der Waals surface area contributed by atoms with Gasteiger partial charge in [0.2, 0.25) is 0 Å². The number of azide groups is 1. The van der Waals surface area contributed by atoms with Gasteiger partial charge in [-0.25, -0.2) is 0 Å². The highest BCUT2D eigenvalue weighted by Crippen LogP contribution is 2.29. The van der Waals surface area contributed by atoms with E-state index in [1.54, 1.807) is 0 Å². The molecule has 0 amide bonds. The minimum Gasteiger partial charge on any atom is -0.463 e. The van der Waals surface area contributed by atoms with Crippen LogP contribution >= 0.6 is 0 Å². The molecule has 26 heavy (non-hydrogen) atoms. The molecule has 12 nitrogen and oxygen atoms in total. The maximum atomic E-state index is 11.5. The van der Waals surface area contributed by atoms with E-state index in [0.717, 1.165) is 27.7 Å². The number of hydrogen-bond donors (Lipinski definition) is 0. The molecule has 0 saturated carbocycles. The molecule has 0 unspecified atom stereocenters. The molecule has 0 spiro atoms. The molecule has 0 aromatic heterocycles. The van der Waals surface area contributed by atoms with Crippen LogP contribution in [-0.2, 0) is 42.9 Å². The van der Waals surface area contributed by atoms with Gasteiger partial charge < -0.3 is 23.7 Å². The van der Waals surface area contributed by atoms with Crippen molar-refractivity contribution >= 4 is 23.9 Å². The van der Waals surface area contributed by atoms with E-state index in [2.05, 4.69) is 10.0 Å².